The van der Waals surface area contributed by atoms with Crippen molar-refractivity contribution in [3.63, 3.8) is 0 Å². The van der Waals surface area contributed by atoms with Crippen LogP contribution in [0, 0.1) is 0 Å². The van der Waals surface area contributed by atoms with Crippen LogP contribution in [0.15, 0.2) is 30.3 Å². The van der Waals surface area contributed by atoms with E-state index in [1.807, 2.05) is 0 Å². The van der Waals surface area contributed by atoms with E-state index in [1.54, 1.807) is 7.11 Å². The van der Waals surface area contributed by atoms with E-state index in [9.17, 15) is 4.79 Å². The molecule has 1 heterocycles. The molecule has 25 heavy (non-hydrogen) atoms. The number of hydrogen-bond acceptors (Lipinski definition) is 3. The van der Waals surface area contributed by atoms with Crippen molar-refractivity contribution < 1.29 is 9.53 Å². The molecule has 0 aromatic heterocycles. The van der Waals surface area contributed by atoms with Crippen LogP contribution < -0.4 is 10.6 Å². The molecule has 2 N–H and O–H groups in total. The zero-order valence-electron chi connectivity index (χ0n) is 15.5. The summed E-state index contributed by atoms with van der Waals surface area (Å²) in [5.41, 5.74) is 0.775. The lowest BCUT2D eigenvalue weighted by atomic mass is 9.74. The van der Waals surface area contributed by atoms with Crippen molar-refractivity contribution >= 4 is 5.91 Å². The normalized spacial score (nSPS) is 22.8. The lowest BCUT2D eigenvalue weighted by molar-refractivity contribution is -0.147. The van der Waals surface area contributed by atoms with Gasteiger partial charge in [-0.3, -0.25) is 4.79 Å². The number of hydrogen-bond donors (Lipinski definition) is 2. The molecule has 1 aliphatic heterocycles. The Kier molecular flexibility index (Phi) is 6.13. The molecule has 3 rings (SSSR count). The summed E-state index contributed by atoms with van der Waals surface area (Å²) in [6.45, 7) is 2.39. The molecule has 2 fully saturated rings. The number of amides is 1. The smallest absolute Gasteiger partial charge is 0.252 e. The Balaban J connectivity index is 1.75. The van der Waals surface area contributed by atoms with Crippen molar-refractivity contribution in [1.82, 2.24) is 10.6 Å². The van der Waals surface area contributed by atoms with Crippen molar-refractivity contribution in [3.8, 4) is 0 Å². The summed E-state index contributed by atoms with van der Waals surface area (Å²) in [5.74, 6) is 0.0658. The zero-order chi connectivity index (χ0) is 17.6. The second-order valence-electron chi connectivity index (χ2n) is 7.69. The maximum atomic E-state index is 13.0. The third-order valence-electron chi connectivity index (χ3n) is 6.25. The number of benzene rings is 1. The number of rotatable bonds is 5. The Labute approximate surface area is 151 Å². The molecule has 0 radical (unpaired) electrons. The van der Waals surface area contributed by atoms with Gasteiger partial charge in [0.2, 0.25) is 0 Å². The van der Waals surface area contributed by atoms with Gasteiger partial charge in [-0.1, -0.05) is 56.0 Å². The molecule has 2 aliphatic rings. The number of methoxy groups -OCH3 is 1. The maximum Gasteiger partial charge on any atom is 0.252 e. The van der Waals surface area contributed by atoms with E-state index in [-0.39, 0.29) is 11.3 Å². The van der Waals surface area contributed by atoms with Crippen molar-refractivity contribution in [2.24, 2.45) is 0 Å². The number of piperidine rings is 1. The molecule has 0 atom stereocenters. The van der Waals surface area contributed by atoms with E-state index in [4.69, 9.17) is 4.74 Å². The number of carbonyl (C=O) groups excluding carboxylic acids is 1. The van der Waals surface area contributed by atoms with Crippen LogP contribution in [-0.2, 0) is 14.9 Å². The first-order valence-electron chi connectivity index (χ1n) is 9.81. The van der Waals surface area contributed by atoms with Gasteiger partial charge < -0.3 is 15.4 Å². The Morgan fingerprint density at radius 1 is 1.04 bits per heavy atom. The third-order valence-corrected chi connectivity index (χ3v) is 6.25. The van der Waals surface area contributed by atoms with Gasteiger partial charge in [0.15, 0.2) is 0 Å². The Morgan fingerprint density at radius 2 is 1.68 bits per heavy atom. The topological polar surface area (TPSA) is 50.4 Å². The molecule has 0 bridgehead atoms. The second kappa shape index (κ2) is 8.33. The molecular formula is C21H32N2O2. The van der Waals surface area contributed by atoms with Gasteiger partial charge in [0.1, 0.15) is 5.60 Å². The minimum absolute atomic E-state index is 0.0648. The molecule has 138 valence electrons. The molecular weight excluding hydrogens is 312 g/mol. The first-order chi connectivity index (χ1) is 12.2. The van der Waals surface area contributed by atoms with Crippen molar-refractivity contribution in [2.45, 2.75) is 62.4 Å². The molecule has 0 unspecified atom stereocenters. The predicted octanol–water partition coefficient (Wildman–Crippen LogP) is 3.16. The van der Waals surface area contributed by atoms with Gasteiger partial charge >= 0.3 is 0 Å². The minimum Gasteiger partial charge on any atom is -0.368 e. The molecule has 1 saturated carbocycles. The summed E-state index contributed by atoms with van der Waals surface area (Å²) >= 11 is 0. The second-order valence-corrected chi connectivity index (χ2v) is 7.69. The summed E-state index contributed by atoms with van der Waals surface area (Å²) < 4.78 is 5.69. The van der Waals surface area contributed by atoms with Crippen molar-refractivity contribution in [2.75, 3.05) is 26.7 Å². The first-order valence-corrected chi connectivity index (χ1v) is 9.81. The first kappa shape index (κ1) is 18.4. The average Bonchev–Trinajstić information content (AvgIpc) is 2.94. The predicted molar refractivity (Wildman–Crippen MR) is 101 cm³/mol. The monoisotopic (exact) mass is 344 g/mol. The van der Waals surface area contributed by atoms with Gasteiger partial charge in [0.05, 0.1) is 0 Å². The van der Waals surface area contributed by atoms with E-state index < -0.39 is 5.60 Å². The van der Waals surface area contributed by atoms with E-state index in [2.05, 4.69) is 41.0 Å². The lowest BCUT2D eigenvalue weighted by Gasteiger charge is -2.38. The molecule has 1 aliphatic carbocycles. The fourth-order valence-corrected chi connectivity index (χ4v) is 4.53. The third kappa shape index (κ3) is 4.06. The molecule has 0 spiro atoms. The number of ether oxygens (including phenoxy) is 1. The van der Waals surface area contributed by atoms with Crippen LogP contribution in [0.1, 0.15) is 56.9 Å². The van der Waals surface area contributed by atoms with Crippen LogP contribution in [0.3, 0.4) is 0 Å². The standard InChI is InChI=1S/C21H32N2O2/c1-25-21(13-15-22-16-14-21)19(24)23-17-20(11-7-2-3-8-12-20)18-9-5-4-6-10-18/h4-6,9-10,22H,2-3,7-8,11-17H2,1H3,(H,23,24). The Morgan fingerprint density at radius 3 is 2.28 bits per heavy atom. The van der Waals surface area contributed by atoms with Gasteiger partial charge in [-0.25, -0.2) is 0 Å². The number of nitrogens with one attached hydrogen (secondary N) is 2. The average molecular weight is 344 g/mol. The van der Waals surface area contributed by atoms with Gasteiger partial charge in [-0.05, 0) is 44.3 Å². The van der Waals surface area contributed by atoms with E-state index in [1.165, 1.54) is 31.2 Å². The Hall–Kier alpha value is -1.39. The summed E-state index contributed by atoms with van der Waals surface area (Å²) in [4.78, 5) is 13.0. The SMILES string of the molecule is COC1(C(=O)NCC2(c3ccccc3)CCCCCC2)CCNCC1. The highest BCUT2D eigenvalue weighted by Crippen LogP contribution is 2.38. The zero-order valence-corrected chi connectivity index (χ0v) is 15.5. The highest BCUT2D eigenvalue weighted by atomic mass is 16.5. The van der Waals surface area contributed by atoms with Crippen LogP contribution in [0.5, 0.6) is 0 Å². The van der Waals surface area contributed by atoms with Crippen molar-refractivity contribution in [1.29, 1.82) is 0 Å². The van der Waals surface area contributed by atoms with Crippen LogP contribution in [0.25, 0.3) is 0 Å². The fraction of sp³-hybridized carbons (Fsp3) is 0.667. The van der Waals surface area contributed by atoms with Crippen LogP contribution >= 0.6 is 0 Å². The maximum absolute atomic E-state index is 13.0. The minimum atomic E-state index is -0.659. The summed E-state index contributed by atoms with van der Waals surface area (Å²) in [7, 11) is 1.67. The van der Waals surface area contributed by atoms with Gasteiger partial charge in [-0.15, -0.1) is 0 Å². The van der Waals surface area contributed by atoms with Gasteiger partial charge in [0.25, 0.3) is 5.91 Å². The summed E-state index contributed by atoms with van der Waals surface area (Å²) in [5, 5.41) is 6.60. The quantitative estimate of drug-likeness (QED) is 0.807. The lowest BCUT2D eigenvalue weighted by Crippen LogP contribution is -2.56. The fourth-order valence-electron chi connectivity index (χ4n) is 4.53. The summed E-state index contributed by atoms with van der Waals surface area (Å²) in [6.07, 6.45) is 8.87. The van der Waals surface area contributed by atoms with Crippen LogP contribution in [0.2, 0.25) is 0 Å². The molecule has 1 amide bonds. The number of carbonyl (C=O) groups is 1. The highest BCUT2D eigenvalue weighted by Gasteiger charge is 2.41. The van der Waals surface area contributed by atoms with Gasteiger partial charge in [-0.2, -0.15) is 0 Å². The van der Waals surface area contributed by atoms with Crippen molar-refractivity contribution in [3.05, 3.63) is 35.9 Å². The molecule has 1 saturated heterocycles. The van der Waals surface area contributed by atoms with Crippen LogP contribution in [0.4, 0.5) is 0 Å². The summed E-state index contributed by atoms with van der Waals surface area (Å²) in [6, 6.07) is 10.8. The van der Waals surface area contributed by atoms with E-state index >= 15 is 0 Å². The van der Waals surface area contributed by atoms with E-state index in [0.29, 0.717) is 6.54 Å². The molecule has 4 heteroatoms. The van der Waals surface area contributed by atoms with E-state index in [0.717, 1.165) is 38.8 Å². The van der Waals surface area contributed by atoms with Crippen LogP contribution in [-0.4, -0.2) is 38.3 Å². The largest absolute Gasteiger partial charge is 0.368 e. The highest BCUT2D eigenvalue weighted by molar-refractivity contribution is 5.85. The molecule has 1 aromatic carbocycles. The Bertz CT molecular complexity index is 544. The van der Waals surface area contributed by atoms with Gasteiger partial charge in [0, 0.05) is 19.1 Å². The molecule has 1 aromatic rings. The molecule has 4 nitrogen and oxygen atoms in total.